The minimum atomic E-state index is -2.11. The van der Waals surface area contributed by atoms with Gasteiger partial charge in [-0.1, -0.05) is 67.5 Å². The number of rotatable bonds is 10. The summed E-state index contributed by atoms with van der Waals surface area (Å²) in [6.07, 6.45) is 8.90. The quantitative estimate of drug-likeness (QED) is 0.207. The summed E-state index contributed by atoms with van der Waals surface area (Å²) in [5, 5.41) is 25.4. The number of H-pyrrole nitrogens is 1. The van der Waals surface area contributed by atoms with Crippen LogP contribution in [0.25, 0.3) is 5.57 Å². The molecule has 0 spiro atoms. The van der Waals surface area contributed by atoms with Crippen molar-refractivity contribution in [2.75, 3.05) is 18.5 Å². The first-order chi connectivity index (χ1) is 23.3. The lowest BCUT2D eigenvalue weighted by molar-refractivity contribution is -0.228. The number of allylic oxidation sites excluding steroid dienone is 2. The number of aromatic nitrogens is 2. The topological polar surface area (TPSA) is 129 Å². The Morgan fingerprint density at radius 1 is 1.00 bits per heavy atom. The van der Waals surface area contributed by atoms with E-state index in [1.54, 1.807) is 0 Å². The van der Waals surface area contributed by atoms with E-state index in [1.807, 2.05) is 18.2 Å². The van der Waals surface area contributed by atoms with Crippen LogP contribution in [0.15, 0.2) is 30.5 Å². The van der Waals surface area contributed by atoms with E-state index in [-0.39, 0.29) is 27.0 Å². The molecule has 2 aromatic rings. The van der Waals surface area contributed by atoms with Crippen LogP contribution in [0.5, 0.6) is 0 Å². The van der Waals surface area contributed by atoms with Gasteiger partial charge in [0.25, 0.3) is 5.91 Å². The highest BCUT2D eigenvalue weighted by atomic mass is 28.4. The number of aromatic amines is 1. The first kappa shape index (κ1) is 39.6. The number of fused-ring (bicyclic) bond motifs is 2. The van der Waals surface area contributed by atoms with Gasteiger partial charge in [0.1, 0.15) is 6.07 Å². The molecule has 1 aliphatic carbocycles. The largest absolute Gasteiger partial charge is 0.414 e. The molecule has 9 nitrogen and oxygen atoms in total. The molecular formula is C40H62N4O5Si2. The van der Waals surface area contributed by atoms with Crippen molar-refractivity contribution in [3.8, 4) is 6.07 Å². The van der Waals surface area contributed by atoms with Crippen LogP contribution in [0.1, 0.15) is 128 Å². The van der Waals surface area contributed by atoms with Crippen molar-refractivity contribution in [2.24, 2.45) is 5.41 Å². The Hall–Kier alpha value is -2.60. The standard InChI is InChI=1S/C40H62N4O5Si2/c1-35(2,3)50(9,10)47-26-38-19-20-39(49-38,27-48-51(11,12)36(4,5)6)25-40(46,24-38)29-13-14-32(44-34(45)33-42-23-30(22-41)43-33)31(21-29)28-15-17-37(7,8)18-16-28/h13-15,21,23,46H,16-20,24-27H2,1-12H3,(H,42,43)(H,44,45)/t38-,39+,40+. The average Bonchev–Trinajstić information content (AvgIpc) is 3.61. The molecule has 280 valence electrons. The summed E-state index contributed by atoms with van der Waals surface area (Å²) in [6, 6.07) is 7.91. The third kappa shape index (κ3) is 8.32. The SMILES string of the molecule is CC1(C)CC=C(c2cc([C@]3(O)C[C@@]4(CO[Si](C)(C)C(C)(C)C)CC[C@@](CO[Si](C)(C)C(C)(C)C)(C3)O4)ccc2NC(=O)c2nc(C#N)c[nH]2)CC1. The Morgan fingerprint density at radius 2 is 1.57 bits per heavy atom. The predicted molar refractivity (Wildman–Crippen MR) is 209 cm³/mol. The highest BCUT2D eigenvalue weighted by Crippen LogP contribution is 2.57. The Kier molecular flexibility index (Phi) is 10.4. The minimum Gasteiger partial charge on any atom is -0.414 e. The maximum absolute atomic E-state index is 13.3. The van der Waals surface area contributed by atoms with Crippen LogP contribution in [-0.2, 0) is 19.2 Å². The molecule has 5 rings (SSSR count). The van der Waals surface area contributed by atoms with Gasteiger partial charge < -0.3 is 29.0 Å². The predicted octanol–water partition coefficient (Wildman–Crippen LogP) is 9.44. The highest BCUT2D eigenvalue weighted by molar-refractivity contribution is 6.74. The Bertz CT molecular complexity index is 1660. The number of imidazole rings is 1. The van der Waals surface area contributed by atoms with E-state index in [2.05, 4.69) is 109 Å². The molecular weight excluding hydrogens is 673 g/mol. The number of amides is 1. The van der Waals surface area contributed by atoms with Crippen molar-refractivity contribution in [1.29, 1.82) is 5.26 Å². The number of carbonyl (C=O) groups excluding carboxylic acids is 1. The molecule has 2 bridgehead atoms. The first-order valence-corrected chi connectivity index (χ1v) is 24.5. The number of hydrogen-bond donors (Lipinski definition) is 3. The third-order valence-electron chi connectivity index (χ3n) is 12.7. The number of nitrogens with zero attached hydrogens (tertiary/aromatic N) is 2. The van der Waals surface area contributed by atoms with E-state index in [4.69, 9.17) is 13.6 Å². The summed E-state index contributed by atoms with van der Waals surface area (Å²) in [5.41, 5.74) is 1.33. The van der Waals surface area contributed by atoms with Gasteiger partial charge in [-0.25, -0.2) is 4.98 Å². The normalized spacial score (nSPS) is 26.8. The Morgan fingerprint density at radius 3 is 2.04 bits per heavy atom. The van der Waals surface area contributed by atoms with Crippen molar-refractivity contribution in [3.05, 3.63) is 53.1 Å². The lowest BCUT2D eigenvalue weighted by Crippen LogP contribution is -2.57. The molecule has 2 aliphatic heterocycles. The minimum absolute atomic E-state index is 0.0407. The van der Waals surface area contributed by atoms with Gasteiger partial charge in [0, 0.05) is 30.3 Å². The number of benzene rings is 1. The summed E-state index contributed by atoms with van der Waals surface area (Å²) in [6.45, 7) is 28.0. The Balaban J connectivity index is 1.55. The van der Waals surface area contributed by atoms with Gasteiger partial charge in [-0.05, 0) is 97.1 Å². The van der Waals surface area contributed by atoms with Crippen LogP contribution in [0.2, 0.25) is 36.3 Å². The monoisotopic (exact) mass is 734 g/mol. The van der Waals surface area contributed by atoms with E-state index in [9.17, 15) is 15.2 Å². The van der Waals surface area contributed by atoms with Gasteiger partial charge in [0.2, 0.25) is 0 Å². The summed E-state index contributed by atoms with van der Waals surface area (Å²) < 4.78 is 20.9. The van der Waals surface area contributed by atoms with Gasteiger partial charge in [-0.2, -0.15) is 5.26 Å². The zero-order valence-corrected chi connectivity index (χ0v) is 35.2. The molecule has 2 saturated heterocycles. The summed E-state index contributed by atoms with van der Waals surface area (Å²) in [5.74, 6) is -0.346. The van der Waals surface area contributed by atoms with E-state index in [0.717, 1.165) is 48.8 Å². The van der Waals surface area contributed by atoms with Crippen LogP contribution in [0.3, 0.4) is 0 Å². The molecule has 3 atom stereocenters. The third-order valence-corrected chi connectivity index (χ3v) is 21.7. The molecule has 3 heterocycles. The molecule has 1 aromatic heterocycles. The fourth-order valence-electron chi connectivity index (χ4n) is 7.17. The number of carbonyl (C=O) groups is 1. The van der Waals surface area contributed by atoms with Gasteiger partial charge in [-0.15, -0.1) is 0 Å². The fraction of sp³-hybridized carbons (Fsp3) is 0.675. The number of ether oxygens (including phenoxy) is 1. The van der Waals surface area contributed by atoms with Crippen molar-refractivity contribution in [1.82, 2.24) is 9.97 Å². The first-order valence-electron chi connectivity index (χ1n) is 18.6. The van der Waals surface area contributed by atoms with E-state index >= 15 is 0 Å². The maximum atomic E-state index is 13.3. The molecule has 1 aromatic carbocycles. The van der Waals surface area contributed by atoms with Crippen LogP contribution in [0.4, 0.5) is 5.69 Å². The number of nitriles is 1. The van der Waals surface area contributed by atoms with Crippen LogP contribution in [-0.4, -0.2) is 62.0 Å². The number of aliphatic hydroxyl groups is 1. The molecule has 0 saturated carbocycles. The lowest BCUT2D eigenvalue weighted by atomic mass is 9.74. The van der Waals surface area contributed by atoms with Gasteiger partial charge >= 0.3 is 0 Å². The van der Waals surface area contributed by atoms with Gasteiger partial charge in [0.05, 0.1) is 30.0 Å². The molecule has 3 N–H and O–H groups in total. The second kappa shape index (κ2) is 13.4. The highest BCUT2D eigenvalue weighted by Gasteiger charge is 2.61. The molecule has 51 heavy (non-hydrogen) atoms. The zero-order chi connectivity index (χ0) is 37.9. The summed E-state index contributed by atoms with van der Waals surface area (Å²) in [7, 11) is -4.22. The van der Waals surface area contributed by atoms with Crippen molar-refractivity contribution >= 4 is 33.8 Å². The summed E-state index contributed by atoms with van der Waals surface area (Å²) in [4.78, 5) is 20.3. The van der Waals surface area contributed by atoms with E-state index in [0.29, 0.717) is 31.7 Å². The number of hydrogen-bond acceptors (Lipinski definition) is 7. The molecule has 11 heteroatoms. The average molecular weight is 735 g/mol. The van der Waals surface area contributed by atoms with Crippen LogP contribution in [0, 0.1) is 16.7 Å². The van der Waals surface area contributed by atoms with Crippen LogP contribution < -0.4 is 5.32 Å². The van der Waals surface area contributed by atoms with Crippen molar-refractivity contribution in [3.63, 3.8) is 0 Å². The van der Waals surface area contributed by atoms with Crippen molar-refractivity contribution in [2.45, 2.75) is 153 Å². The zero-order valence-electron chi connectivity index (χ0n) is 33.2. The second-order valence-corrected chi connectivity index (χ2v) is 29.1. The molecule has 1 amide bonds. The van der Waals surface area contributed by atoms with Gasteiger partial charge in [0.15, 0.2) is 28.2 Å². The Labute approximate surface area is 308 Å². The summed E-state index contributed by atoms with van der Waals surface area (Å²) >= 11 is 0. The second-order valence-electron chi connectivity index (χ2n) is 19.5. The number of anilines is 1. The van der Waals surface area contributed by atoms with E-state index < -0.39 is 39.3 Å². The van der Waals surface area contributed by atoms with Crippen LogP contribution >= 0.6 is 0 Å². The molecule has 0 unspecified atom stereocenters. The smallest absolute Gasteiger partial charge is 0.291 e. The molecule has 2 fully saturated rings. The number of nitrogens with one attached hydrogen (secondary N) is 2. The van der Waals surface area contributed by atoms with Crippen molar-refractivity contribution < 1.29 is 23.5 Å². The maximum Gasteiger partial charge on any atom is 0.291 e. The fourth-order valence-corrected chi connectivity index (χ4v) is 9.28. The lowest BCUT2D eigenvalue weighted by Gasteiger charge is -2.50. The molecule has 0 radical (unpaired) electrons. The van der Waals surface area contributed by atoms with E-state index in [1.165, 1.54) is 6.20 Å². The molecule has 3 aliphatic rings. The van der Waals surface area contributed by atoms with Gasteiger partial charge in [-0.3, -0.25) is 4.79 Å².